The van der Waals surface area contributed by atoms with Gasteiger partial charge in [0.2, 0.25) is 0 Å². The van der Waals surface area contributed by atoms with E-state index >= 15 is 0 Å². The maximum Gasteiger partial charge on any atom is 0.310 e. The molecule has 0 bridgehead atoms. The Morgan fingerprint density at radius 3 is 2.68 bits per heavy atom. The summed E-state index contributed by atoms with van der Waals surface area (Å²) in [7, 11) is 0. The highest BCUT2D eigenvalue weighted by atomic mass is 16.6. The van der Waals surface area contributed by atoms with E-state index in [1.807, 2.05) is 44.2 Å². The van der Waals surface area contributed by atoms with Gasteiger partial charge in [-0.3, -0.25) is 4.79 Å². The second-order valence-electron chi connectivity index (χ2n) is 4.52. The molecule has 0 saturated heterocycles. The summed E-state index contributed by atoms with van der Waals surface area (Å²) in [6.07, 6.45) is 0.242. The van der Waals surface area contributed by atoms with Crippen LogP contribution in [0.1, 0.15) is 37.0 Å². The summed E-state index contributed by atoms with van der Waals surface area (Å²) < 4.78 is 10.1. The number of esters is 1. The van der Waals surface area contributed by atoms with Crippen LogP contribution < -0.4 is 0 Å². The maximum atomic E-state index is 11.6. The molecule has 0 aliphatic carbocycles. The van der Waals surface area contributed by atoms with Gasteiger partial charge in [0, 0.05) is 5.92 Å². The lowest BCUT2D eigenvalue weighted by atomic mass is 10.2. The molecule has 1 aromatic carbocycles. The van der Waals surface area contributed by atoms with Crippen molar-refractivity contribution >= 4 is 5.97 Å². The number of nitrogens with zero attached hydrogens (tertiary/aromatic N) is 2. The number of aromatic nitrogens is 2. The topological polar surface area (TPSA) is 65.2 Å². The van der Waals surface area contributed by atoms with Gasteiger partial charge < -0.3 is 9.26 Å². The first-order valence-corrected chi connectivity index (χ1v) is 6.17. The Morgan fingerprint density at radius 2 is 2.05 bits per heavy atom. The molecule has 5 nitrogen and oxygen atoms in total. The number of ether oxygens (including phenoxy) is 1. The van der Waals surface area contributed by atoms with Crippen LogP contribution in [0.3, 0.4) is 0 Å². The van der Waals surface area contributed by atoms with Crippen LogP contribution in [0.5, 0.6) is 0 Å². The molecule has 0 spiro atoms. The van der Waals surface area contributed by atoms with Crippen LogP contribution in [0.25, 0.3) is 0 Å². The fraction of sp³-hybridized carbons (Fsp3) is 0.357. The highest BCUT2D eigenvalue weighted by Crippen LogP contribution is 2.10. The molecule has 0 saturated carbocycles. The van der Waals surface area contributed by atoms with Gasteiger partial charge in [-0.05, 0) is 5.56 Å². The zero-order valence-electron chi connectivity index (χ0n) is 11.0. The van der Waals surface area contributed by atoms with Gasteiger partial charge >= 0.3 is 5.97 Å². The minimum Gasteiger partial charge on any atom is -0.455 e. The van der Waals surface area contributed by atoms with E-state index in [-0.39, 0.29) is 24.9 Å². The van der Waals surface area contributed by atoms with Crippen molar-refractivity contribution in [2.45, 2.75) is 32.8 Å². The average Bonchev–Trinajstić information content (AvgIpc) is 2.86. The van der Waals surface area contributed by atoms with Crippen molar-refractivity contribution < 1.29 is 14.1 Å². The van der Waals surface area contributed by atoms with E-state index in [0.717, 1.165) is 5.56 Å². The first-order valence-electron chi connectivity index (χ1n) is 6.17. The number of carbonyl (C=O) groups is 1. The van der Waals surface area contributed by atoms with Crippen LogP contribution in [0.4, 0.5) is 0 Å². The molecule has 1 heterocycles. The second-order valence-corrected chi connectivity index (χ2v) is 4.52. The Balaban J connectivity index is 1.83. The largest absolute Gasteiger partial charge is 0.455 e. The SMILES string of the molecule is CC(C)c1noc(COC(=O)Cc2ccccc2)n1. The van der Waals surface area contributed by atoms with E-state index in [4.69, 9.17) is 9.26 Å². The van der Waals surface area contributed by atoms with Crippen molar-refractivity contribution in [2.24, 2.45) is 0 Å². The first-order chi connectivity index (χ1) is 9.15. The zero-order chi connectivity index (χ0) is 13.7. The van der Waals surface area contributed by atoms with Gasteiger partial charge in [0.05, 0.1) is 6.42 Å². The van der Waals surface area contributed by atoms with Crippen molar-refractivity contribution in [3.05, 3.63) is 47.6 Å². The summed E-state index contributed by atoms with van der Waals surface area (Å²) in [6.45, 7) is 3.96. The van der Waals surface area contributed by atoms with E-state index in [1.54, 1.807) is 0 Å². The lowest BCUT2D eigenvalue weighted by Crippen LogP contribution is -2.08. The van der Waals surface area contributed by atoms with Gasteiger partial charge in [-0.1, -0.05) is 49.3 Å². The molecule has 0 radical (unpaired) electrons. The highest BCUT2D eigenvalue weighted by molar-refractivity contribution is 5.72. The zero-order valence-corrected chi connectivity index (χ0v) is 11.0. The molecule has 2 rings (SSSR count). The Hall–Kier alpha value is -2.17. The summed E-state index contributed by atoms with van der Waals surface area (Å²) in [6, 6.07) is 9.43. The number of benzene rings is 1. The molecular weight excluding hydrogens is 244 g/mol. The van der Waals surface area contributed by atoms with E-state index in [2.05, 4.69) is 10.1 Å². The Bertz CT molecular complexity index is 535. The Morgan fingerprint density at radius 1 is 1.32 bits per heavy atom. The van der Waals surface area contributed by atoms with E-state index in [1.165, 1.54) is 0 Å². The Labute approximate surface area is 111 Å². The number of rotatable bonds is 5. The molecule has 0 atom stereocenters. The van der Waals surface area contributed by atoms with Crippen LogP contribution in [-0.4, -0.2) is 16.1 Å². The third kappa shape index (κ3) is 3.91. The Kier molecular flexibility index (Phi) is 4.28. The fourth-order valence-corrected chi connectivity index (χ4v) is 1.52. The van der Waals surface area contributed by atoms with E-state index in [9.17, 15) is 4.79 Å². The number of hydrogen-bond acceptors (Lipinski definition) is 5. The minimum atomic E-state index is -0.310. The molecule has 100 valence electrons. The third-order valence-electron chi connectivity index (χ3n) is 2.55. The first kappa shape index (κ1) is 13.3. The predicted molar refractivity (Wildman–Crippen MR) is 68.3 cm³/mol. The maximum absolute atomic E-state index is 11.6. The predicted octanol–water partition coefficient (Wildman–Crippen LogP) is 2.48. The fourth-order valence-electron chi connectivity index (χ4n) is 1.52. The summed E-state index contributed by atoms with van der Waals surface area (Å²) in [4.78, 5) is 15.7. The molecule has 0 amide bonds. The van der Waals surface area contributed by atoms with Crippen molar-refractivity contribution in [2.75, 3.05) is 0 Å². The normalized spacial score (nSPS) is 10.7. The van der Waals surface area contributed by atoms with Gasteiger partial charge in [-0.25, -0.2) is 0 Å². The molecule has 0 fully saturated rings. The molecule has 5 heteroatoms. The lowest BCUT2D eigenvalue weighted by molar-refractivity contribution is -0.144. The minimum absolute atomic E-state index is 0.0192. The molecule has 0 N–H and O–H groups in total. The van der Waals surface area contributed by atoms with Gasteiger partial charge in [0.15, 0.2) is 12.4 Å². The van der Waals surface area contributed by atoms with Gasteiger partial charge in [0.25, 0.3) is 5.89 Å². The van der Waals surface area contributed by atoms with Gasteiger partial charge in [0.1, 0.15) is 0 Å². The number of carbonyl (C=O) groups excluding carboxylic acids is 1. The molecule has 0 aliphatic heterocycles. The van der Waals surface area contributed by atoms with Crippen LogP contribution >= 0.6 is 0 Å². The van der Waals surface area contributed by atoms with E-state index in [0.29, 0.717) is 11.7 Å². The smallest absolute Gasteiger partial charge is 0.310 e. The molecule has 1 aromatic heterocycles. The third-order valence-corrected chi connectivity index (χ3v) is 2.55. The molecule has 0 unspecified atom stereocenters. The second kappa shape index (κ2) is 6.13. The van der Waals surface area contributed by atoms with Crippen LogP contribution in [0, 0.1) is 0 Å². The standard InChI is InChI=1S/C14H16N2O3/c1-10(2)14-15-12(19-16-14)9-18-13(17)8-11-6-4-3-5-7-11/h3-7,10H,8-9H2,1-2H3. The van der Waals surface area contributed by atoms with Crippen molar-refractivity contribution in [1.82, 2.24) is 10.1 Å². The van der Waals surface area contributed by atoms with Gasteiger partial charge in [-0.2, -0.15) is 4.98 Å². The monoisotopic (exact) mass is 260 g/mol. The molecular formula is C14H16N2O3. The summed E-state index contributed by atoms with van der Waals surface area (Å²) in [5.74, 6) is 0.826. The van der Waals surface area contributed by atoms with Gasteiger partial charge in [-0.15, -0.1) is 0 Å². The molecule has 0 aliphatic rings. The van der Waals surface area contributed by atoms with Crippen molar-refractivity contribution in [3.63, 3.8) is 0 Å². The van der Waals surface area contributed by atoms with Crippen molar-refractivity contribution in [1.29, 1.82) is 0 Å². The highest BCUT2D eigenvalue weighted by Gasteiger charge is 2.12. The molecule has 19 heavy (non-hydrogen) atoms. The van der Waals surface area contributed by atoms with Crippen LogP contribution in [0.2, 0.25) is 0 Å². The van der Waals surface area contributed by atoms with Crippen molar-refractivity contribution in [3.8, 4) is 0 Å². The summed E-state index contributed by atoms with van der Waals surface area (Å²) in [5.41, 5.74) is 0.917. The summed E-state index contributed by atoms with van der Waals surface area (Å²) in [5, 5.41) is 3.80. The quantitative estimate of drug-likeness (QED) is 0.773. The van der Waals surface area contributed by atoms with Crippen LogP contribution in [0.15, 0.2) is 34.9 Å². The number of hydrogen-bond donors (Lipinski definition) is 0. The average molecular weight is 260 g/mol. The summed E-state index contributed by atoms with van der Waals surface area (Å²) >= 11 is 0. The van der Waals surface area contributed by atoms with E-state index < -0.39 is 0 Å². The lowest BCUT2D eigenvalue weighted by Gasteiger charge is -2.01. The molecule has 2 aromatic rings. The van der Waals surface area contributed by atoms with Crippen LogP contribution in [-0.2, 0) is 22.6 Å².